The number of rotatable bonds is 7. The van der Waals surface area contributed by atoms with Crippen LogP contribution in [0.2, 0.25) is 0 Å². The topological polar surface area (TPSA) is 52.6 Å². The van der Waals surface area contributed by atoms with Crippen LogP contribution in [-0.2, 0) is 6.54 Å². The Balaban J connectivity index is 0.00000240. The monoisotopic (exact) mass is 523 g/mol. The normalized spacial score (nSPS) is 17.6. The molecule has 1 aliphatic carbocycles. The highest BCUT2D eigenvalue weighted by atomic mass is 127. The summed E-state index contributed by atoms with van der Waals surface area (Å²) in [6.45, 7) is 3.91. The summed E-state index contributed by atoms with van der Waals surface area (Å²) in [5, 5.41) is 6.92. The molecule has 2 aliphatic rings. The maximum Gasteiger partial charge on any atom is 0.191 e. The van der Waals surface area contributed by atoms with Crippen molar-refractivity contribution in [2.24, 2.45) is 4.99 Å². The van der Waals surface area contributed by atoms with Crippen molar-refractivity contribution in [1.82, 2.24) is 15.6 Å². The molecular weight excluding hydrogens is 493 g/mol. The number of hydrogen-bond acceptors (Lipinski definition) is 4. The van der Waals surface area contributed by atoms with E-state index in [1.54, 1.807) is 0 Å². The number of halogens is 1. The van der Waals surface area contributed by atoms with Crippen molar-refractivity contribution in [3.8, 4) is 0 Å². The molecule has 0 radical (unpaired) electrons. The van der Waals surface area contributed by atoms with Gasteiger partial charge in [-0.2, -0.15) is 0 Å². The van der Waals surface area contributed by atoms with Gasteiger partial charge in [-0.3, -0.25) is 4.99 Å². The van der Waals surface area contributed by atoms with Crippen molar-refractivity contribution in [1.29, 1.82) is 0 Å². The van der Waals surface area contributed by atoms with Crippen molar-refractivity contribution < 1.29 is 0 Å². The zero-order chi connectivity index (χ0) is 19.2. The van der Waals surface area contributed by atoms with E-state index in [-0.39, 0.29) is 24.0 Å². The van der Waals surface area contributed by atoms with Gasteiger partial charge in [0, 0.05) is 49.1 Å². The minimum atomic E-state index is 0. The largest absolute Gasteiger partial charge is 0.357 e. The molecule has 4 rings (SSSR count). The highest BCUT2D eigenvalue weighted by molar-refractivity contribution is 14.0. The fraction of sp³-hybridized carbons (Fsp3) is 0.455. The summed E-state index contributed by atoms with van der Waals surface area (Å²) >= 11 is 1.98. The molecule has 29 heavy (non-hydrogen) atoms. The summed E-state index contributed by atoms with van der Waals surface area (Å²) in [4.78, 5) is 12.7. The molecule has 2 fully saturated rings. The maximum atomic E-state index is 4.63. The van der Waals surface area contributed by atoms with E-state index in [2.05, 4.69) is 68.0 Å². The Kier molecular flexibility index (Phi) is 8.06. The van der Waals surface area contributed by atoms with Crippen molar-refractivity contribution in [3.05, 3.63) is 54.2 Å². The van der Waals surface area contributed by atoms with Crippen LogP contribution in [0.4, 0.5) is 5.82 Å². The highest BCUT2D eigenvalue weighted by Gasteiger charge is 2.43. The number of aromatic nitrogens is 1. The highest BCUT2D eigenvalue weighted by Crippen LogP contribution is 2.51. The zero-order valence-electron chi connectivity index (χ0n) is 16.9. The molecule has 2 aromatic rings. The summed E-state index contributed by atoms with van der Waals surface area (Å²) < 4.78 is 0.303. The molecular formula is C22H30IN5S. The van der Waals surface area contributed by atoms with E-state index >= 15 is 0 Å². The first-order valence-electron chi connectivity index (χ1n) is 10.1. The third-order valence-corrected chi connectivity index (χ3v) is 6.88. The first kappa shape index (κ1) is 22.2. The van der Waals surface area contributed by atoms with Gasteiger partial charge in [-0.05, 0) is 49.4 Å². The second kappa shape index (κ2) is 10.5. The Morgan fingerprint density at radius 3 is 2.48 bits per heavy atom. The van der Waals surface area contributed by atoms with Crippen LogP contribution in [0, 0.1) is 0 Å². The van der Waals surface area contributed by atoms with Gasteiger partial charge in [-0.15, -0.1) is 35.7 Å². The van der Waals surface area contributed by atoms with Gasteiger partial charge in [0.05, 0.1) is 0 Å². The van der Waals surface area contributed by atoms with Gasteiger partial charge in [0.2, 0.25) is 0 Å². The molecule has 0 bridgehead atoms. The second-order valence-corrected chi connectivity index (χ2v) is 9.14. The summed E-state index contributed by atoms with van der Waals surface area (Å²) in [6.07, 6.45) is 7.02. The standard InChI is InChI=1S/C22H29N5S.HI/c1-23-21(26-17-22(11-12-22)28-19-7-3-2-4-8-19)25-16-18-9-10-20(24-15-18)27-13-5-6-14-27;/h2-4,7-10,15H,5-6,11-14,16-17H2,1H3,(H2,23,25,26);1H. The molecule has 7 heteroatoms. The molecule has 2 N–H and O–H groups in total. The van der Waals surface area contributed by atoms with Crippen LogP contribution in [0.15, 0.2) is 58.5 Å². The number of guanidine groups is 1. The number of thioether (sulfide) groups is 1. The maximum absolute atomic E-state index is 4.63. The number of benzene rings is 1. The summed E-state index contributed by atoms with van der Waals surface area (Å²) in [5.41, 5.74) is 1.17. The van der Waals surface area contributed by atoms with Crippen LogP contribution in [0.5, 0.6) is 0 Å². The van der Waals surface area contributed by atoms with Crippen LogP contribution in [0.25, 0.3) is 0 Å². The molecule has 156 valence electrons. The van der Waals surface area contributed by atoms with E-state index in [1.165, 1.54) is 36.1 Å². The smallest absolute Gasteiger partial charge is 0.191 e. The lowest BCUT2D eigenvalue weighted by Gasteiger charge is -2.19. The molecule has 2 heterocycles. The van der Waals surface area contributed by atoms with E-state index in [1.807, 2.05) is 25.0 Å². The summed E-state index contributed by atoms with van der Waals surface area (Å²) in [6, 6.07) is 15.0. The van der Waals surface area contributed by atoms with Crippen molar-refractivity contribution in [2.45, 2.75) is 41.9 Å². The molecule has 1 aliphatic heterocycles. The van der Waals surface area contributed by atoms with Crippen molar-refractivity contribution >= 4 is 47.5 Å². The summed E-state index contributed by atoms with van der Waals surface area (Å²) in [7, 11) is 1.83. The van der Waals surface area contributed by atoms with Crippen molar-refractivity contribution in [3.63, 3.8) is 0 Å². The van der Waals surface area contributed by atoms with Gasteiger partial charge < -0.3 is 15.5 Å². The first-order valence-corrected chi connectivity index (χ1v) is 11.0. The Labute approximate surface area is 195 Å². The second-order valence-electron chi connectivity index (χ2n) is 7.60. The van der Waals surface area contributed by atoms with E-state index in [9.17, 15) is 0 Å². The molecule has 1 saturated carbocycles. The predicted molar refractivity (Wildman–Crippen MR) is 134 cm³/mol. The fourth-order valence-electron chi connectivity index (χ4n) is 3.50. The number of nitrogens with zero attached hydrogens (tertiary/aromatic N) is 3. The van der Waals surface area contributed by atoms with Gasteiger partial charge in [0.15, 0.2) is 5.96 Å². The third-order valence-electron chi connectivity index (χ3n) is 5.39. The third kappa shape index (κ3) is 6.25. The number of nitrogens with one attached hydrogen (secondary N) is 2. The minimum Gasteiger partial charge on any atom is -0.357 e. The number of hydrogen-bond donors (Lipinski definition) is 2. The van der Waals surface area contributed by atoms with Crippen LogP contribution in [-0.4, -0.2) is 42.4 Å². The Bertz CT molecular complexity index is 787. The van der Waals surface area contributed by atoms with Crippen LogP contribution < -0.4 is 15.5 Å². The lowest BCUT2D eigenvalue weighted by Crippen LogP contribution is -2.40. The molecule has 5 nitrogen and oxygen atoms in total. The van der Waals surface area contributed by atoms with E-state index in [0.717, 1.165) is 38.0 Å². The molecule has 1 saturated heterocycles. The minimum absolute atomic E-state index is 0. The van der Waals surface area contributed by atoms with Gasteiger partial charge in [0.1, 0.15) is 5.82 Å². The molecule has 1 aromatic carbocycles. The number of pyridine rings is 1. The Morgan fingerprint density at radius 2 is 1.86 bits per heavy atom. The van der Waals surface area contributed by atoms with E-state index in [0.29, 0.717) is 4.75 Å². The van der Waals surface area contributed by atoms with Gasteiger partial charge in [-0.1, -0.05) is 24.3 Å². The van der Waals surface area contributed by atoms with Crippen molar-refractivity contribution in [2.75, 3.05) is 31.6 Å². The zero-order valence-corrected chi connectivity index (χ0v) is 20.1. The van der Waals surface area contributed by atoms with Crippen LogP contribution in [0.1, 0.15) is 31.2 Å². The SMILES string of the molecule is CN=C(NCc1ccc(N2CCCC2)nc1)NCC1(Sc2ccccc2)CC1.I. The number of anilines is 1. The van der Waals surface area contributed by atoms with E-state index < -0.39 is 0 Å². The number of aliphatic imine (C=N–C) groups is 1. The Morgan fingerprint density at radius 1 is 1.10 bits per heavy atom. The van der Waals surface area contributed by atoms with Gasteiger partial charge in [0.25, 0.3) is 0 Å². The molecule has 1 aromatic heterocycles. The van der Waals surface area contributed by atoms with E-state index in [4.69, 9.17) is 0 Å². The molecule has 0 amide bonds. The lowest BCUT2D eigenvalue weighted by molar-refractivity contribution is 0.765. The summed E-state index contributed by atoms with van der Waals surface area (Å²) in [5.74, 6) is 1.95. The van der Waals surface area contributed by atoms with Gasteiger partial charge >= 0.3 is 0 Å². The van der Waals surface area contributed by atoms with Gasteiger partial charge in [-0.25, -0.2) is 4.98 Å². The first-order chi connectivity index (χ1) is 13.8. The Hall–Kier alpha value is -1.48. The molecule has 0 spiro atoms. The fourth-order valence-corrected chi connectivity index (χ4v) is 4.74. The average molecular weight is 523 g/mol. The quantitative estimate of drug-likeness (QED) is 0.322. The molecule has 0 unspecified atom stereocenters. The predicted octanol–water partition coefficient (Wildman–Crippen LogP) is 4.29. The molecule has 0 atom stereocenters. The average Bonchev–Trinajstić information content (AvgIpc) is 3.27. The van der Waals surface area contributed by atoms with Crippen LogP contribution in [0.3, 0.4) is 0 Å². The van der Waals surface area contributed by atoms with Crippen LogP contribution >= 0.6 is 35.7 Å². The lowest BCUT2D eigenvalue weighted by atomic mass is 10.3.